The molecular formula is C24H22N8O3. The molecule has 0 aliphatic carbocycles. The van der Waals surface area contributed by atoms with E-state index in [1.54, 1.807) is 58.2 Å². The molecule has 2 N–H and O–H groups in total. The summed E-state index contributed by atoms with van der Waals surface area (Å²) in [6.07, 6.45) is 4.98. The zero-order chi connectivity index (χ0) is 24.2. The van der Waals surface area contributed by atoms with Gasteiger partial charge in [0, 0.05) is 35.9 Å². The fourth-order valence-electron chi connectivity index (χ4n) is 3.57. The van der Waals surface area contributed by atoms with Gasteiger partial charge in [-0.25, -0.2) is 15.0 Å². The lowest BCUT2D eigenvalue weighted by Crippen LogP contribution is -2.06. The molecule has 11 nitrogen and oxygen atoms in total. The lowest BCUT2D eigenvalue weighted by Gasteiger charge is -2.15. The van der Waals surface area contributed by atoms with Crippen molar-refractivity contribution in [2.45, 2.75) is 0 Å². The average molecular weight is 470 g/mol. The Kier molecular flexibility index (Phi) is 5.95. The minimum atomic E-state index is 0.302. The number of benzene rings is 2. The van der Waals surface area contributed by atoms with Crippen LogP contribution in [0.2, 0.25) is 0 Å². The maximum Gasteiger partial charge on any atom is 0.233 e. The van der Waals surface area contributed by atoms with Gasteiger partial charge in [-0.2, -0.15) is 9.97 Å². The van der Waals surface area contributed by atoms with E-state index in [4.69, 9.17) is 19.2 Å². The molecule has 5 rings (SSSR count). The number of rotatable bonds is 8. The second-order valence-corrected chi connectivity index (χ2v) is 7.25. The molecule has 0 fully saturated rings. The van der Waals surface area contributed by atoms with Gasteiger partial charge in [0.15, 0.2) is 28.5 Å². The summed E-state index contributed by atoms with van der Waals surface area (Å²) < 4.78 is 18.3. The van der Waals surface area contributed by atoms with E-state index in [1.165, 1.54) is 0 Å². The summed E-state index contributed by atoms with van der Waals surface area (Å²) in [5.41, 5.74) is 2.74. The highest BCUT2D eigenvalue weighted by atomic mass is 16.5. The Labute approximate surface area is 200 Å². The predicted molar refractivity (Wildman–Crippen MR) is 131 cm³/mol. The zero-order valence-corrected chi connectivity index (χ0v) is 19.3. The largest absolute Gasteiger partial charge is 0.493 e. The first-order chi connectivity index (χ1) is 17.2. The lowest BCUT2D eigenvalue weighted by atomic mass is 10.2. The van der Waals surface area contributed by atoms with Crippen LogP contribution in [-0.4, -0.2) is 50.8 Å². The summed E-state index contributed by atoms with van der Waals surface area (Å²) in [5.74, 6) is 2.64. The second-order valence-electron chi connectivity index (χ2n) is 7.25. The van der Waals surface area contributed by atoms with Crippen molar-refractivity contribution in [1.82, 2.24) is 29.5 Å². The van der Waals surface area contributed by atoms with Gasteiger partial charge in [0.2, 0.25) is 17.6 Å². The Bertz CT molecular complexity index is 1430. The first-order valence-corrected chi connectivity index (χ1v) is 10.6. The number of aromatic nitrogens is 6. The van der Waals surface area contributed by atoms with Crippen LogP contribution in [0.5, 0.6) is 17.2 Å². The molecule has 5 aromatic rings. The van der Waals surface area contributed by atoms with Gasteiger partial charge < -0.3 is 19.5 Å². The van der Waals surface area contributed by atoms with Gasteiger partial charge in [-0.1, -0.05) is 18.2 Å². The molecule has 0 radical (unpaired) electrons. The van der Waals surface area contributed by atoms with Gasteiger partial charge in [-0.05, 0) is 18.2 Å². The molecule has 0 amide bonds. The quantitative estimate of drug-likeness (QED) is 0.342. The minimum Gasteiger partial charge on any atom is -0.493 e. The third-order valence-electron chi connectivity index (χ3n) is 5.15. The summed E-state index contributed by atoms with van der Waals surface area (Å²) >= 11 is 0. The van der Waals surface area contributed by atoms with Crippen LogP contribution in [0.4, 0.5) is 23.4 Å². The molecule has 11 heteroatoms. The van der Waals surface area contributed by atoms with Crippen LogP contribution in [0.1, 0.15) is 0 Å². The molecule has 35 heavy (non-hydrogen) atoms. The molecule has 3 heterocycles. The number of imidazole rings is 1. The molecule has 0 spiro atoms. The molecule has 0 atom stereocenters. The maximum absolute atomic E-state index is 5.48. The number of fused-ring (bicyclic) bond motifs is 1. The van der Waals surface area contributed by atoms with Crippen molar-refractivity contribution in [3.63, 3.8) is 0 Å². The van der Waals surface area contributed by atoms with Crippen LogP contribution < -0.4 is 24.8 Å². The number of anilines is 4. The van der Waals surface area contributed by atoms with Crippen LogP contribution in [0.15, 0.2) is 67.3 Å². The Morgan fingerprint density at radius 2 is 1.46 bits per heavy atom. The second kappa shape index (κ2) is 9.51. The van der Waals surface area contributed by atoms with Crippen molar-refractivity contribution in [3.05, 3.63) is 67.3 Å². The van der Waals surface area contributed by atoms with Crippen molar-refractivity contribution in [3.8, 4) is 22.9 Å². The molecular weight excluding hydrogens is 448 g/mol. The van der Waals surface area contributed by atoms with E-state index in [0.717, 1.165) is 5.69 Å². The Balaban J connectivity index is 1.63. The third-order valence-corrected chi connectivity index (χ3v) is 5.15. The monoisotopic (exact) mass is 470 g/mol. The highest BCUT2D eigenvalue weighted by Gasteiger charge is 2.18. The first kappa shape index (κ1) is 21.9. The van der Waals surface area contributed by atoms with E-state index in [1.807, 2.05) is 34.9 Å². The Morgan fingerprint density at radius 3 is 2.11 bits per heavy atom. The molecule has 2 aromatic carbocycles. The summed E-state index contributed by atoms with van der Waals surface area (Å²) in [7, 11) is 4.68. The molecule has 0 unspecified atom stereocenters. The normalized spacial score (nSPS) is 10.7. The van der Waals surface area contributed by atoms with Gasteiger partial charge in [0.1, 0.15) is 6.33 Å². The number of methoxy groups -OCH3 is 3. The summed E-state index contributed by atoms with van der Waals surface area (Å²) in [4.78, 5) is 22.3. The molecule has 0 aliphatic heterocycles. The van der Waals surface area contributed by atoms with Crippen molar-refractivity contribution in [2.24, 2.45) is 0 Å². The smallest absolute Gasteiger partial charge is 0.233 e. The molecule has 0 aliphatic rings. The van der Waals surface area contributed by atoms with Crippen LogP contribution >= 0.6 is 0 Å². The number of ether oxygens (including phenoxy) is 3. The zero-order valence-electron chi connectivity index (χ0n) is 19.3. The van der Waals surface area contributed by atoms with Gasteiger partial charge in [0.05, 0.1) is 21.3 Å². The van der Waals surface area contributed by atoms with Crippen LogP contribution in [0.25, 0.3) is 16.9 Å². The molecule has 176 valence electrons. The fraction of sp³-hybridized carbons (Fsp3) is 0.125. The number of para-hydroxylation sites is 1. The van der Waals surface area contributed by atoms with Gasteiger partial charge in [-0.15, -0.1) is 0 Å². The standard InChI is InChI=1S/C24H22N8O3/c1-33-17-12-15(13-18(34-2)20(17)35-3)28-21-19-22(32(14-27-19)16-8-5-4-6-9-16)30-24(29-21)31-23-25-10-7-11-26-23/h4-14H,1-3H3,(H2,25,26,28,29,30,31). The highest BCUT2D eigenvalue weighted by Crippen LogP contribution is 2.41. The summed E-state index contributed by atoms with van der Waals surface area (Å²) in [6, 6.07) is 15.1. The van der Waals surface area contributed by atoms with Crippen molar-refractivity contribution < 1.29 is 14.2 Å². The maximum atomic E-state index is 5.48. The Morgan fingerprint density at radius 1 is 0.743 bits per heavy atom. The number of hydrogen-bond donors (Lipinski definition) is 2. The Hall–Kier alpha value is -4.93. The number of nitrogens with one attached hydrogen (secondary N) is 2. The van der Waals surface area contributed by atoms with Crippen LogP contribution in [0, 0.1) is 0 Å². The fourth-order valence-corrected chi connectivity index (χ4v) is 3.57. The SMILES string of the molecule is COc1cc(Nc2nc(Nc3ncccn3)nc3c2ncn3-c2ccccc2)cc(OC)c1OC. The van der Waals surface area contributed by atoms with Gasteiger partial charge in [0.25, 0.3) is 0 Å². The van der Waals surface area contributed by atoms with E-state index in [2.05, 4.69) is 30.6 Å². The number of hydrogen-bond acceptors (Lipinski definition) is 10. The highest BCUT2D eigenvalue weighted by molar-refractivity contribution is 5.88. The van der Waals surface area contributed by atoms with E-state index >= 15 is 0 Å². The van der Waals surface area contributed by atoms with E-state index < -0.39 is 0 Å². The minimum absolute atomic E-state index is 0.302. The number of nitrogens with zero attached hydrogens (tertiary/aromatic N) is 6. The lowest BCUT2D eigenvalue weighted by molar-refractivity contribution is 0.324. The van der Waals surface area contributed by atoms with Crippen LogP contribution in [-0.2, 0) is 0 Å². The first-order valence-electron chi connectivity index (χ1n) is 10.6. The molecule has 0 bridgehead atoms. The van der Waals surface area contributed by atoms with Gasteiger partial charge >= 0.3 is 0 Å². The van der Waals surface area contributed by atoms with Crippen molar-refractivity contribution >= 4 is 34.6 Å². The van der Waals surface area contributed by atoms with E-state index in [9.17, 15) is 0 Å². The molecule has 0 saturated heterocycles. The van der Waals surface area contributed by atoms with Gasteiger partial charge in [-0.3, -0.25) is 9.88 Å². The summed E-state index contributed by atoms with van der Waals surface area (Å²) in [6.45, 7) is 0. The van der Waals surface area contributed by atoms with E-state index in [0.29, 0.717) is 51.8 Å². The molecule has 0 saturated carbocycles. The predicted octanol–water partition coefficient (Wildman–Crippen LogP) is 4.12. The van der Waals surface area contributed by atoms with Crippen LogP contribution in [0.3, 0.4) is 0 Å². The van der Waals surface area contributed by atoms with Crippen molar-refractivity contribution in [1.29, 1.82) is 0 Å². The topological polar surface area (TPSA) is 121 Å². The summed E-state index contributed by atoms with van der Waals surface area (Å²) in [5, 5.41) is 6.37. The molecule has 3 aromatic heterocycles. The van der Waals surface area contributed by atoms with E-state index in [-0.39, 0.29) is 0 Å². The third kappa shape index (κ3) is 4.34. The average Bonchev–Trinajstić information content (AvgIpc) is 3.33. The van der Waals surface area contributed by atoms with Crippen molar-refractivity contribution in [2.75, 3.05) is 32.0 Å².